The number of hydrogen-bond acceptors (Lipinski definition) is 2. The molecule has 5 heteroatoms. The van der Waals surface area contributed by atoms with Crippen LogP contribution in [0.2, 0.25) is 0 Å². The molecule has 1 unspecified atom stereocenters. The summed E-state index contributed by atoms with van der Waals surface area (Å²) >= 11 is 6.72. The number of amides is 1. The van der Waals surface area contributed by atoms with Gasteiger partial charge in [-0.25, -0.2) is 0 Å². The largest absolute Gasteiger partial charge is 0.323 e. The Morgan fingerprint density at radius 3 is 3.00 bits per heavy atom. The number of anilines is 1. The highest BCUT2D eigenvalue weighted by Gasteiger charge is 2.13. The highest BCUT2D eigenvalue weighted by Crippen LogP contribution is 2.24. The summed E-state index contributed by atoms with van der Waals surface area (Å²) in [5.74, 6) is -0.0466. The first-order valence-corrected chi connectivity index (χ1v) is 7.32. The maximum absolute atomic E-state index is 11.9. The number of nitrogens with one attached hydrogen (secondary N) is 1. The van der Waals surface area contributed by atoms with Crippen LogP contribution < -0.4 is 5.32 Å². The lowest BCUT2D eigenvalue weighted by Crippen LogP contribution is -2.22. The molecule has 0 fully saturated rings. The molecular weight excluding hydrogens is 360 g/mol. The monoisotopic (exact) mass is 370 g/mol. The van der Waals surface area contributed by atoms with Gasteiger partial charge in [0.1, 0.15) is 0 Å². The van der Waals surface area contributed by atoms with Gasteiger partial charge in [-0.2, -0.15) is 0 Å². The van der Waals surface area contributed by atoms with Crippen LogP contribution in [0.1, 0.15) is 13.3 Å². The Labute approximate surface area is 122 Å². The molecule has 1 aromatic heterocycles. The minimum atomic E-state index is -0.178. The first-order chi connectivity index (χ1) is 8.61. The van der Waals surface area contributed by atoms with Crippen LogP contribution in [-0.2, 0) is 4.79 Å². The van der Waals surface area contributed by atoms with Crippen LogP contribution in [-0.4, -0.2) is 15.7 Å². The van der Waals surface area contributed by atoms with E-state index in [4.69, 9.17) is 0 Å². The normalized spacial score (nSPS) is 12.4. The zero-order valence-electron chi connectivity index (χ0n) is 9.78. The fourth-order valence-corrected chi connectivity index (χ4v) is 2.09. The summed E-state index contributed by atoms with van der Waals surface area (Å²) in [5.41, 5.74) is 1.53. The zero-order valence-corrected chi connectivity index (χ0v) is 13.0. The van der Waals surface area contributed by atoms with Crippen LogP contribution >= 0.6 is 31.9 Å². The molecule has 0 aliphatic rings. The topological polar surface area (TPSA) is 42.0 Å². The first-order valence-electron chi connectivity index (χ1n) is 5.61. The summed E-state index contributed by atoms with van der Waals surface area (Å²) in [7, 11) is 0. The lowest BCUT2D eigenvalue weighted by Gasteiger charge is -2.10. The Kier molecular flexibility index (Phi) is 4.35. The van der Waals surface area contributed by atoms with Gasteiger partial charge in [0, 0.05) is 16.1 Å². The number of fused-ring (bicyclic) bond motifs is 1. The van der Waals surface area contributed by atoms with E-state index in [1.165, 1.54) is 0 Å². The van der Waals surface area contributed by atoms with E-state index < -0.39 is 0 Å². The van der Waals surface area contributed by atoms with Crippen LogP contribution in [0, 0.1) is 0 Å². The van der Waals surface area contributed by atoms with Gasteiger partial charge in [0.2, 0.25) is 5.91 Å². The fraction of sp³-hybridized carbons (Fsp3) is 0.231. The molecule has 3 nitrogen and oxygen atoms in total. The maximum Gasteiger partial charge on any atom is 0.238 e. The first kappa shape index (κ1) is 13.5. The van der Waals surface area contributed by atoms with E-state index >= 15 is 0 Å². The smallest absolute Gasteiger partial charge is 0.238 e. The van der Waals surface area contributed by atoms with Gasteiger partial charge in [-0.3, -0.25) is 9.78 Å². The third-order valence-corrected chi connectivity index (χ3v) is 4.08. The van der Waals surface area contributed by atoms with Gasteiger partial charge in [-0.1, -0.05) is 35.0 Å². The molecule has 1 heterocycles. The van der Waals surface area contributed by atoms with Gasteiger partial charge in [-0.15, -0.1) is 0 Å². The van der Waals surface area contributed by atoms with Gasteiger partial charge < -0.3 is 5.32 Å². The van der Waals surface area contributed by atoms with Crippen molar-refractivity contribution < 1.29 is 4.79 Å². The molecule has 0 saturated heterocycles. The SMILES string of the molecule is CCC(Br)C(=O)Nc1cccc2cc(Br)cnc12. The highest BCUT2D eigenvalue weighted by atomic mass is 79.9. The quantitative estimate of drug-likeness (QED) is 0.825. The average Bonchev–Trinajstić information content (AvgIpc) is 2.37. The molecule has 0 spiro atoms. The third kappa shape index (κ3) is 2.90. The number of benzene rings is 1. The van der Waals surface area contributed by atoms with Crippen LogP contribution in [0.5, 0.6) is 0 Å². The minimum Gasteiger partial charge on any atom is -0.323 e. The second-order valence-electron chi connectivity index (χ2n) is 3.90. The molecular formula is C13H12Br2N2O. The van der Waals surface area contributed by atoms with Gasteiger partial charge in [0.05, 0.1) is 16.0 Å². The number of rotatable bonds is 3. The Bertz CT molecular complexity index is 586. The highest BCUT2D eigenvalue weighted by molar-refractivity contribution is 9.10. The number of carbonyl (C=O) groups excluding carboxylic acids is 1. The summed E-state index contributed by atoms with van der Waals surface area (Å²) in [4.78, 5) is 16.0. The van der Waals surface area contributed by atoms with Crippen LogP contribution in [0.15, 0.2) is 34.9 Å². The number of aromatic nitrogens is 1. The number of para-hydroxylation sites is 1. The van der Waals surface area contributed by atoms with E-state index in [2.05, 4.69) is 42.2 Å². The number of halogens is 2. The standard InChI is InChI=1S/C13H12Br2N2O/c1-2-10(15)13(18)17-11-5-3-4-8-6-9(14)7-16-12(8)11/h3-7,10H,2H2,1H3,(H,17,18). The number of pyridine rings is 1. The fourth-order valence-electron chi connectivity index (χ4n) is 1.63. The van der Waals surface area contributed by atoms with E-state index in [0.29, 0.717) is 0 Å². The van der Waals surface area contributed by atoms with E-state index in [1.807, 2.05) is 31.2 Å². The van der Waals surface area contributed by atoms with Crippen molar-refractivity contribution in [3.8, 4) is 0 Å². The van der Waals surface area contributed by atoms with E-state index in [9.17, 15) is 4.79 Å². The molecule has 1 amide bonds. The Morgan fingerprint density at radius 2 is 2.28 bits per heavy atom. The summed E-state index contributed by atoms with van der Waals surface area (Å²) in [5, 5.41) is 3.88. The van der Waals surface area contributed by atoms with Crippen LogP contribution in [0.4, 0.5) is 5.69 Å². The van der Waals surface area contributed by atoms with Gasteiger partial charge in [0.15, 0.2) is 0 Å². The molecule has 2 aromatic rings. The van der Waals surface area contributed by atoms with Crippen molar-refractivity contribution in [1.82, 2.24) is 4.98 Å². The molecule has 1 N–H and O–H groups in total. The Hall–Kier alpha value is -0.940. The number of carbonyl (C=O) groups is 1. The minimum absolute atomic E-state index is 0.0466. The summed E-state index contributed by atoms with van der Waals surface area (Å²) in [6.07, 6.45) is 2.47. The van der Waals surface area contributed by atoms with E-state index in [-0.39, 0.29) is 10.7 Å². The number of hydrogen-bond donors (Lipinski definition) is 1. The average molecular weight is 372 g/mol. The molecule has 94 valence electrons. The summed E-state index contributed by atoms with van der Waals surface area (Å²) < 4.78 is 0.922. The second-order valence-corrected chi connectivity index (χ2v) is 5.92. The molecule has 1 aromatic carbocycles. The number of alkyl halides is 1. The van der Waals surface area contributed by atoms with Crippen molar-refractivity contribution in [1.29, 1.82) is 0 Å². The molecule has 0 bridgehead atoms. The number of nitrogens with zero attached hydrogens (tertiary/aromatic N) is 1. The van der Waals surface area contributed by atoms with E-state index in [1.54, 1.807) is 6.20 Å². The predicted molar refractivity (Wildman–Crippen MR) is 81.1 cm³/mol. The zero-order chi connectivity index (χ0) is 13.1. The lowest BCUT2D eigenvalue weighted by atomic mass is 10.2. The molecule has 1 atom stereocenters. The van der Waals surface area contributed by atoms with Crippen molar-refractivity contribution in [2.75, 3.05) is 5.32 Å². The molecule has 18 heavy (non-hydrogen) atoms. The molecule has 0 saturated carbocycles. The van der Waals surface area contributed by atoms with Crippen molar-refractivity contribution in [3.63, 3.8) is 0 Å². The van der Waals surface area contributed by atoms with Crippen molar-refractivity contribution in [2.24, 2.45) is 0 Å². The predicted octanol–water partition coefficient (Wildman–Crippen LogP) is 4.11. The maximum atomic E-state index is 11.9. The van der Waals surface area contributed by atoms with Gasteiger partial charge in [0.25, 0.3) is 0 Å². The summed E-state index contributed by atoms with van der Waals surface area (Å²) in [6.45, 7) is 1.96. The lowest BCUT2D eigenvalue weighted by molar-refractivity contribution is -0.115. The summed E-state index contributed by atoms with van der Waals surface area (Å²) in [6, 6.07) is 7.70. The van der Waals surface area contributed by atoms with Gasteiger partial charge in [-0.05, 0) is 34.5 Å². The van der Waals surface area contributed by atoms with Crippen LogP contribution in [0.3, 0.4) is 0 Å². The van der Waals surface area contributed by atoms with Crippen molar-refractivity contribution in [3.05, 3.63) is 34.9 Å². The van der Waals surface area contributed by atoms with Gasteiger partial charge >= 0.3 is 0 Å². The van der Waals surface area contributed by atoms with Crippen molar-refractivity contribution in [2.45, 2.75) is 18.2 Å². The Morgan fingerprint density at radius 1 is 1.50 bits per heavy atom. The molecule has 0 aliphatic carbocycles. The van der Waals surface area contributed by atoms with E-state index in [0.717, 1.165) is 27.5 Å². The molecule has 0 radical (unpaired) electrons. The second kappa shape index (κ2) is 5.80. The molecule has 2 rings (SSSR count). The Balaban J connectivity index is 2.37. The van der Waals surface area contributed by atoms with Crippen molar-refractivity contribution >= 4 is 54.4 Å². The third-order valence-electron chi connectivity index (χ3n) is 2.58. The van der Waals surface area contributed by atoms with Crippen LogP contribution in [0.25, 0.3) is 10.9 Å². The molecule has 0 aliphatic heterocycles.